The van der Waals surface area contributed by atoms with Gasteiger partial charge in [0.2, 0.25) is 11.8 Å². The van der Waals surface area contributed by atoms with Crippen molar-refractivity contribution >= 4 is 11.8 Å². The number of pyridine rings is 1. The molecule has 8 heteroatoms. The first-order valence-electron chi connectivity index (χ1n) is 10.8. The molecule has 1 N–H and O–H groups in total. The van der Waals surface area contributed by atoms with Gasteiger partial charge in [0.25, 0.3) is 5.91 Å². The van der Waals surface area contributed by atoms with Gasteiger partial charge in [0.1, 0.15) is 17.5 Å². The molecule has 3 atom stereocenters. The van der Waals surface area contributed by atoms with Crippen LogP contribution < -0.4 is 4.74 Å². The lowest BCUT2D eigenvalue weighted by Crippen LogP contribution is -2.50. The molecular weight excluding hydrogens is 413 g/mol. The zero-order chi connectivity index (χ0) is 23.4. The Balaban J connectivity index is 2.05. The summed E-state index contributed by atoms with van der Waals surface area (Å²) < 4.78 is 20.5. The summed E-state index contributed by atoms with van der Waals surface area (Å²) in [5, 5.41) is 9.74. The lowest BCUT2D eigenvalue weighted by Gasteiger charge is -2.37. The quantitative estimate of drug-likeness (QED) is 0.742. The number of ether oxygens (including phenoxy) is 1. The molecule has 0 bridgehead atoms. The first kappa shape index (κ1) is 23.7. The minimum Gasteiger partial charge on any atom is -0.472 e. The Bertz CT molecular complexity index is 983. The minimum absolute atomic E-state index is 0.0115. The van der Waals surface area contributed by atoms with E-state index in [-0.39, 0.29) is 35.8 Å². The number of nitrogens with zero attached hydrogens (tertiary/aromatic N) is 3. The third-order valence-corrected chi connectivity index (χ3v) is 5.89. The third-order valence-electron chi connectivity index (χ3n) is 5.89. The summed E-state index contributed by atoms with van der Waals surface area (Å²) in [5.74, 6) is -0.751. The fourth-order valence-corrected chi connectivity index (χ4v) is 3.80. The summed E-state index contributed by atoms with van der Waals surface area (Å²) >= 11 is 0. The number of hydrogen-bond donors (Lipinski definition) is 1. The van der Waals surface area contributed by atoms with Crippen LogP contribution in [-0.4, -0.2) is 70.6 Å². The number of carbonyl (C=O) groups excluding carboxylic acids is 2. The topological polar surface area (TPSA) is 83.0 Å². The summed E-state index contributed by atoms with van der Waals surface area (Å²) in [4.78, 5) is 33.1. The second kappa shape index (κ2) is 10.1. The van der Waals surface area contributed by atoms with Gasteiger partial charge in [-0.15, -0.1) is 0 Å². The smallest absolute Gasteiger partial charge is 0.259 e. The van der Waals surface area contributed by atoms with Gasteiger partial charge in [0, 0.05) is 43.3 Å². The van der Waals surface area contributed by atoms with Crippen LogP contribution in [-0.2, 0) is 4.79 Å². The van der Waals surface area contributed by atoms with Gasteiger partial charge in [0.05, 0.1) is 19.2 Å². The average Bonchev–Trinajstić information content (AvgIpc) is 2.80. The van der Waals surface area contributed by atoms with Crippen molar-refractivity contribution in [1.82, 2.24) is 14.8 Å². The molecule has 0 spiro atoms. The highest BCUT2D eigenvalue weighted by Gasteiger charge is 2.34. The number of rotatable bonds is 6. The molecule has 7 nitrogen and oxygen atoms in total. The number of hydrogen-bond acceptors (Lipinski definition) is 5. The Morgan fingerprint density at radius 1 is 1.38 bits per heavy atom. The van der Waals surface area contributed by atoms with Gasteiger partial charge in [-0.05, 0) is 19.1 Å². The average molecular weight is 444 g/mol. The van der Waals surface area contributed by atoms with Gasteiger partial charge in [-0.1, -0.05) is 32.0 Å². The zero-order valence-electron chi connectivity index (χ0n) is 18.9. The van der Waals surface area contributed by atoms with E-state index in [1.807, 2.05) is 6.92 Å². The summed E-state index contributed by atoms with van der Waals surface area (Å²) in [6.07, 6.45) is 1.45. The maximum Gasteiger partial charge on any atom is 0.259 e. The van der Waals surface area contributed by atoms with Gasteiger partial charge < -0.3 is 19.6 Å². The molecule has 2 amide bonds. The second-order valence-electron chi connectivity index (χ2n) is 8.31. The minimum atomic E-state index is -0.427. The molecule has 2 heterocycles. The lowest BCUT2D eigenvalue weighted by atomic mass is 9.99. The number of amides is 2. The van der Waals surface area contributed by atoms with E-state index >= 15 is 0 Å². The van der Waals surface area contributed by atoms with Crippen LogP contribution in [0, 0.1) is 11.7 Å². The number of halogens is 1. The number of aliphatic hydroxyl groups is 1. The summed E-state index contributed by atoms with van der Waals surface area (Å²) in [6.45, 7) is 5.97. The van der Waals surface area contributed by atoms with Gasteiger partial charge in [-0.2, -0.15) is 0 Å². The number of benzene rings is 1. The van der Waals surface area contributed by atoms with Crippen molar-refractivity contribution in [2.24, 2.45) is 5.92 Å². The van der Waals surface area contributed by atoms with Crippen LogP contribution in [0.25, 0.3) is 11.1 Å². The number of likely N-dealkylation sites (N-methyl/N-ethyl adjacent to an activating group) is 1. The molecule has 32 heavy (non-hydrogen) atoms. The standard InChI is InChI=1S/C24H30FN3O4/c1-5-22(30)27(4)13-21-15(2)12-28(16(3)14-29)24(31)19-10-17(11-26-23(19)32-21)18-8-6-7-9-20(18)25/h6-11,15-16,21,29H,5,12-14H2,1-4H3/t15-,16+,21+/m1/s1. The van der Waals surface area contributed by atoms with Crippen molar-refractivity contribution in [3.05, 3.63) is 47.9 Å². The van der Waals surface area contributed by atoms with Crippen molar-refractivity contribution in [2.75, 3.05) is 26.7 Å². The maximum atomic E-state index is 14.4. The monoisotopic (exact) mass is 443 g/mol. The molecule has 0 aliphatic carbocycles. The second-order valence-corrected chi connectivity index (χ2v) is 8.31. The molecule has 0 unspecified atom stereocenters. The van der Waals surface area contributed by atoms with Crippen molar-refractivity contribution in [1.29, 1.82) is 0 Å². The van der Waals surface area contributed by atoms with E-state index in [0.29, 0.717) is 30.6 Å². The van der Waals surface area contributed by atoms with Gasteiger partial charge in [-0.25, -0.2) is 9.37 Å². The highest BCUT2D eigenvalue weighted by molar-refractivity contribution is 5.98. The van der Waals surface area contributed by atoms with E-state index in [4.69, 9.17) is 4.74 Å². The molecular formula is C24H30FN3O4. The molecule has 1 aromatic carbocycles. The Labute approximate surface area is 187 Å². The fourth-order valence-electron chi connectivity index (χ4n) is 3.80. The van der Waals surface area contributed by atoms with E-state index in [2.05, 4.69) is 4.98 Å². The molecule has 0 saturated carbocycles. The predicted molar refractivity (Wildman–Crippen MR) is 119 cm³/mol. The Hall–Kier alpha value is -3.00. The first-order valence-corrected chi connectivity index (χ1v) is 10.8. The Kier molecular flexibility index (Phi) is 7.45. The van der Waals surface area contributed by atoms with E-state index in [1.54, 1.807) is 55.0 Å². The van der Waals surface area contributed by atoms with Crippen LogP contribution in [0.1, 0.15) is 37.6 Å². The number of fused-ring (bicyclic) bond motifs is 1. The Morgan fingerprint density at radius 3 is 2.75 bits per heavy atom. The van der Waals surface area contributed by atoms with Gasteiger partial charge >= 0.3 is 0 Å². The van der Waals surface area contributed by atoms with E-state index in [0.717, 1.165) is 0 Å². The lowest BCUT2D eigenvalue weighted by molar-refractivity contribution is -0.131. The first-order chi connectivity index (χ1) is 15.3. The number of aromatic nitrogens is 1. The van der Waals surface area contributed by atoms with E-state index in [9.17, 15) is 19.1 Å². The normalized spacial score (nSPS) is 19.4. The fraction of sp³-hybridized carbons (Fsp3) is 0.458. The van der Waals surface area contributed by atoms with Crippen LogP contribution in [0.2, 0.25) is 0 Å². The highest BCUT2D eigenvalue weighted by Crippen LogP contribution is 2.31. The van der Waals surface area contributed by atoms with Crippen LogP contribution in [0.4, 0.5) is 4.39 Å². The van der Waals surface area contributed by atoms with Crippen molar-refractivity contribution in [3.63, 3.8) is 0 Å². The van der Waals surface area contributed by atoms with E-state index in [1.165, 1.54) is 12.3 Å². The summed E-state index contributed by atoms with van der Waals surface area (Å²) in [5.41, 5.74) is 0.990. The molecule has 0 saturated heterocycles. The van der Waals surface area contributed by atoms with Crippen LogP contribution >= 0.6 is 0 Å². The van der Waals surface area contributed by atoms with E-state index < -0.39 is 18.0 Å². The molecule has 1 aromatic heterocycles. The molecule has 0 fully saturated rings. The molecule has 172 valence electrons. The van der Waals surface area contributed by atoms with Gasteiger partial charge in [-0.3, -0.25) is 9.59 Å². The number of aliphatic hydroxyl groups excluding tert-OH is 1. The maximum absolute atomic E-state index is 14.4. The predicted octanol–water partition coefficient (Wildman–Crippen LogP) is 2.98. The summed E-state index contributed by atoms with van der Waals surface area (Å²) in [6, 6.07) is 7.43. The summed E-state index contributed by atoms with van der Waals surface area (Å²) in [7, 11) is 1.72. The molecule has 2 aromatic rings. The Morgan fingerprint density at radius 2 is 2.09 bits per heavy atom. The van der Waals surface area contributed by atoms with Crippen molar-refractivity contribution in [2.45, 2.75) is 39.3 Å². The zero-order valence-corrected chi connectivity index (χ0v) is 18.9. The SMILES string of the molecule is CCC(=O)N(C)C[C@@H]1Oc2ncc(-c3ccccc3F)cc2C(=O)N([C@@H](C)CO)C[C@H]1C. The third kappa shape index (κ3) is 4.91. The van der Waals surface area contributed by atoms with Crippen molar-refractivity contribution < 1.29 is 23.8 Å². The van der Waals surface area contributed by atoms with Crippen LogP contribution in [0.3, 0.4) is 0 Å². The highest BCUT2D eigenvalue weighted by atomic mass is 19.1. The molecule has 3 rings (SSSR count). The van der Waals surface area contributed by atoms with Crippen LogP contribution in [0.5, 0.6) is 5.88 Å². The van der Waals surface area contributed by atoms with Crippen LogP contribution in [0.15, 0.2) is 36.5 Å². The number of carbonyl (C=O) groups is 2. The molecule has 1 aliphatic heterocycles. The van der Waals surface area contributed by atoms with Gasteiger partial charge in [0.15, 0.2) is 0 Å². The van der Waals surface area contributed by atoms with Crippen molar-refractivity contribution in [3.8, 4) is 17.0 Å². The molecule has 0 radical (unpaired) electrons. The largest absolute Gasteiger partial charge is 0.472 e. The molecule has 1 aliphatic rings.